The molecule has 6 heteroatoms. The van der Waals surface area contributed by atoms with E-state index in [1.165, 1.54) is 24.3 Å². The maximum atomic E-state index is 11.7. The molecule has 22 heavy (non-hydrogen) atoms. The molecule has 0 atom stereocenters. The summed E-state index contributed by atoms with van der Waals surface area (Å²) in [5, 5.41) is 18.7. The SMILES string of the molecule is Cc1c(C(=O)O)ccc(-c2cccc3ncsc23)c1C(=O)O. The van der Waals surface area contributed by atoms with Crippen molar-refractivity contribution in [2.75, 3.05) is 0 Å². The van der Waals surface area contributed by atoms with Gasteiger partial charge in [-0.15, -0.1) is 11.3 Å². The second kappa shape index (κ2) is 5.23. The van der Waals surface area contributed by atoms with E-state index >= 15 is 0 Å². The zero-order valence-electron chi connectivity index (χ0n) is 11.5. The molecule has 0 aliphatic heterocycles. The molecule has 1 aromatic heterocycles. The molecule has 0 saturated heterocycles. The fourth-order valence-electron chi connectivity index (χ4n) is 2.54. The topological polar surface area (TPSA) is 87.5 Å². The highest BCUT2D eigenvalue weighted by Gasteiger charge is 2.21. The van der Waals surface area contributed by atoms with Gasteiger partial charge in [0, 0.05) is 5.56 Å². The summed E-state index contributed by atoms with van der Waals surface area (Å²) in [6.07, 6.45) is 0. The van der Waals surface area contributed by atoms with Crippen molar-refractivity contribution < 1.29 is 19.8 Å². The van der Waals surface area contributed by atoms with E-state index in [1.807, 2.05) is 18.2 Å². The van der Waals surface area contributed by atoms with E-state index in [2.05, 4.69) is 4.98 Å². The van der Waals surface area contributed by atoms with Crippen LogP contribution in [-0.4, -0.2) is 27.1 Å². The summed E-state index contributed by atoms with van der Waals surface area (Å²) < 4.78 is 0.882. The van der Waals surface area contributed by atoms with Crippen LogP contribution in [0, 0.1) is 6.92 Å². The second-order valence-electron chi connectivity index (χ2n) is 4.78. The van der Waals surface area contributed by atoms with Crippen LogP contribution in [0.5, 0.6) is 0 Å². The van der Waals surface area contributed by atoms with Gasteiger partial charge in [0.1, 0.15) is 0 Å². The van der Waals surface area contributed by atoms with Crippen molar-refractivity contribution in [3.05, 3.63) is 52.5 Å². The Hall–Kier alpha value is -2.73. The summed E-state index contributed by atoms with van der Waals surface area (Å²) in [5.41, 5.74) is 4.01. The fraction of sp³-hybridized carbons (Fsp3) is 0.0625. The van der Waals surface area contributed by atoms with Gasteiger partial charge in [-0.25, -0.2) is 14.6 Å². The van der Waals surface area contributed by atoms with Crippen molar-refractivity contribution in [2.45, 2.75) is 6.92 Å². The summed E-state index contributed by atoms with van der Waals surface area (Å²) in [5.74, 6) is -2.28. The van der Waals surface area contributed by atoms with Crippen LogP contribution in [0.2, 0.25) is 0 Å². The minimum absolute atomic E-state index is 0.00219. The summed E-state index contributed by atoms with van der Waals surface area (Å²) in [4.78, 5) is 27.1. The molecular formula is C16H11NO4S. The number of benzene rings is 2. The van der Waals surface area contributed by atoms with E-state index < -0.39 is 11.9 Å². The Morgan fingerprint density at radius 2 is 1.82 bits per heavy atom. The zero-order chi connectivity index (χ0) is 15.9. The quantitative estimate of drug-likeness (QED) is 0.770. The van der Waals surface area contributed by atoms with Gasteiger partial charge in [-0.1, -0.05) is 18.2 Å². The van der Waals surface area contributed by atoms with Crippen molar-refractivity contribution in [3.63, 3.8) is 0 Å². The van der Waals surface area contributed by atoms with Crippen molar-refractivity contribution in [1.82, 2.24) is 4.98 Å². The predicted molar refractivity (Wildman–Crippen MR) is 83.7 cm³/mol. The third-order valence-corrected chi connectivity index (χ3v) is 4.43. The number of carboxylic acid groups (broad SMARTS) is 2. The largest absolute Gasteiger partial charge is 0.478 e. The third kappa shape index (κ3) is 2.14. The molecule has 2 N–H and O–H groups in total. The summed E-state index contributed by atoms with van der Waals surface area (Å²) in [6.45, 7) is 1.52. The third-order valence-electron chi connectivity index (χ3n) is 3.56. The van der Waals surface area contributed by atoms with Crippen LogP contribution in [0.15, 0.2) is 35.8 Å². The molecule has 0 unspecified atom stereocenters. The number of nitrogens with zero attached hydrogens (tertiary/aromatic N) is 1. The van der Waals surface area contributed by atoms with Crippen molar-refractivity contribution in [3.8, 4) is 11.1 Å². The molecule has 2 aromatic carbocycles. The average molecular weight is 313 g/mol. The smallest absolute Gasteiger partial charge is 0.336 e. The molecule has 0 aliphatic rings. The number of hydrogen-bond acceptors (Lipinski definition) is 4. The molecule has 3 rings (SSSR count). The van der Waals surface area contributed by atoms with Crippen molar-refractivity contribution in [2.24, 2.45) is 0 Å². The van der Waals surface area contributed by atoms with E-state index in [0.29, 0.717) is 5.56 Å². The molecule has 0 aliphatic carbocycles. The van der Waals surface area contributed by atoms with Gasteiger partial charge in [0.05, 0.1) is 26.9 Å². The molecule has 0 saturated carbocycles. The zero-order valence-corrected chi connectivity index (χ0v) is 12.3. The number of fused-ring (bicyclic) bond motifs is 1. The molecule has 0 radical (unpaired) electrons. The first-order valence-corrected chi connectivity index (χ1v) is 7.31. The van der Waals surface area contributed by atoms with Gasteiger partial charge in [-0.2, -0.15) is 0 Å². The van der Waals surface area contributed by atoms with Crippen LogP contribution in [-0.2, 0) is 0 Å². The maximum Gasteiger partial charge on any atom is 0.336 e. The van der Waals surface area contributed by atoms with Crippen LogP contribution in [0.25, 0.3) is 21.3 Å². The van der Waals surface area contributed by atoms with Crippen molar-refractivity contribution in [1.29, 1.82) is 0 Å². The number of thiazole rings is 1. The van der Waals surface area contributed by atoms with Crippen molar-refractivity contribution >= 4 is 33.5 Å². The highest BCUT2D eigenvalue weighted by molar-refractivity contribution is 7.17. The number of rotatable bonds is 3. The summed E-state index contributed by atoms with van der Waals surface area (Å²) >= 11 is 1.43. The Labute approximate surface area is 129 Å². The lowest BCUT2D eigenvalue weighted by Gasteiger charge is -2.12. The van der Waals surface area contributed by atoms with Gasteiger partial charge in [-0.3, -0.25) is 0 Å². The van der Waals surface area contributed by atoms with Crippen LogP contribution in [0.3, 0.4) is 0 Å². The van der Waals surface area contributed by atoms with Gasteiger partial charge in [0.15, 0.2) is 0 Å². The van der Waals surface area contributed by atoms with Crippen LogP contribution >= 0.6 is 11.3 Å². The Bertz CT molecular complexity index is 914. The lowest BCUT2D eigenvalue weighted by Crippen LogP contribution is -2.09. The highest BCUT2D eigenvalue weighted by atomic mass is 32.1. The van der Waals surface area contributed by atoms with E-state index in [4.69, 9.17) is 0 Å². The molecule has 0 amide bonds. The summed E-state index contributed by atoms with van der Waals surface area (Å²) in [6, 6.07) is 8.48. The molecule has 5 nitrogen and oxygen atoms in total. The predicted octanol–water partition coefficient (Wildman–Crippen LogP) is 3.67. The lowest BCUT2D eigenvalue weighted by molar-refractivity contribution is 0.0696. The van der Waals surface area contributed by atoms with Crippen LogP contribution in [0.4, 0.5) is 0 Å². The van der Waals surface area contributed by atoms with E-state index in [9.17, 15) is 19.8 Å². The minimum atomic E-state index is -1.14. The Balaban J connectivity index is 2.36. The standard InChI is InChI=1S/C16H11NO4S/c1-8-9(15(18)19)5-6-10(13(8)16(20)21)11-3-2-4-12-14(11)22-7-17-12/h2-7H,1H3,(H,18,19)(H,20,21). The number of carboxylic acids is 2. The van der Waals surface area contributed by atoms with Gasteiger partial charge in [-0.05, 0) is 30.2 Å². The average Bonchev–Trinajstić information content (AvgIpc) is 2.94. The Morgan fingerprint density at radius 1 is 1.05 bits per heavy atom. The fourth-order valence-corrected chi connectivity index (χ4v) is 3.36. The van der Waals surface area contributed by atoms with Gasteiger partial charge in [0.25, 0.3) is 0 Å². The normalized spacial score (nSPS) is 10.8. The number of hydrogen-bond donors (Lipinski definition) is 2. The number of carbonyl (C=O) groups is 2. The molecular weight excluding hydrogens is 302 g/mol. The van der Waals surface area contributed by atoms with Crippen LogP contribution in [0.1, 0.15) is 26.3 Å². The van der Waals surface area contributed by atoms with E-state index in [0.717, 1.165) is 15.8 Å². The molecule has 3 aromatic rings. The van der Waals surface area contributed by atoms with Gasteiger partial charge < -0.3 is 10.2 Å². The molecule has 1 heterocycles. The number of aromatic carboxylic acids is 2. The lowest BCUT2D eigenvalue weighted by atomic mass is 9.92. The van der Waals surface area contributed by atoms with E-state index in [-0.39, 0.29) is 16.7 Å². The first-order chi connectivity index (χ1) is 10.5. The first-order valence-electron chi connectivity index (χ1n) is 6.43. The first kappa shape index (κ1) is 14.2. The van der Waals surface area contributed by atoms with Gasteiger partial charge >= 0.3 is 11.9 Å². The Kier molecular flexibility index (Phi) is 3.38. The molecule has 0 fully saturated rings. The molecule has 0 spiro atoms. The molecule has 0 bridgehead atoms. The Morgan fingerprint density at radius 3 is 2.50 bits per heavy atom. The maximum absolute atomic E-state index is 11.7. The second-order valence-corrected chi connectivity index (χ2v) is 5.63. The summed E-state index contributed by atoms with van der Waals surface area (Å²) in [7, 11) is 0. The van der Waals surface area contributed by atoms with E-state index in [1.54, 1.807) is 11.6 Å². The van der Waals surface area contributed by atoms with Gasteiger partial charge in [0.2, 0.25) is 0 Å². The monoisotopic (exact) mass is 313 g/mol. The minimum Gasteiger partial charge on any atom is -0.478 e. The van der Waals surface area contributed by atoms with Crippen LogP contribution < -0.4 is 0 Å². The highest BCUT2D eigenvalue weighted by Crippen LogP contribution is 2.35. The number of aromatic nitrogens is 1. The molecule has 110 valence electrons.